The van der Waals surface area contributed by atoms with E-state index in [2.05, 4.69) is 62.3 Å². The van der Waals surface area contributed by atoms with E-state index in [4.69, 9.17) is 9.84 Å². The molecule has 0 fully saturated rings. The van der Waals surface area contributed by atoms with Gasteiger partial charge in [0.25, 0.3) is 0 Å². The fourth-order valence-electron chi connectivity index (χ4n) is 3.84. The monoisotopic (exact) mass is 425 g/mol. The van der Waals surface area contributed by atoms with Gasteiger partial charge in [0, 0.05) is 33.9 Å². The Labute approximate surface area is 168 Å². The van der Waals surface area contributed by atoms with E-state index < -0.39 is 0 Å². The second-order valence-electron chi connectivity index (χ2n) is 6.97. The van der Waals surface area contributed by atoms with Gasteiger partial charge in [-0.05, 0) is 43.0 Å². The zero-order chi connectivity index (χ0) is 18.6. The van der Waals surface area contributed by atoms with Crippen LogP contribution in [-0.4, -0.2) is 16.9 Å². The average Bonchev–Trinajstić information content (AvgIpc) is 3.11. The highest BCUT2D eigenvalue weighted by Crippen LogP contribution is 2.31. The number of aromatic nitrogens is 2. The summed E-state index contributed by atoms with van der Waals surface area (Å²) in [6.07, 6.45) is 5.47. The van der Waals surface area contributed by atoms with Gasteiger partial charge >= 0.3 is 0 Å². The minimum Gasteiger partial charge on any atom is -0.496 e. The Balaban J connectivity index is 1.50. The minimum atomic E-state index is 0.335. The summed E-state index contributed by atoms with van der Waals surface area (Å²) in [7, 11) is 1.72. The molecular weight excluding hydrogens is 402 g/mol. The average molecular weight is 426 g/mol. The van der Waals surface area contributed by atoms with Crippen LogP contribution < -0.4 is 10.1 Å². The highest BCUT2D eigenvalue weighted by atomic mass is 79.9. The summed E-state index contributed by atoms with van der Waals surface area (Å²) in [4.78, 5) is 0. The maximum Gasteiger partial charge on any atom is 0.123 e. The van der Waals surface area contributed by atoms with Gasteiger partial charge in [-0.15, -0.1) is 0 Å². The summed E-state index contributed by atoms with van der Waals surface area (Å²) in [5.41, 5.74) is 5.16. The number of nitrogens with one attached hydrogen (secondary N) is 1. The molecule has 0 bridgehead atoms. The molecule has 1 N–H and O–H groups in total. The van der Waals surface area contributed by atoms with Crippen molar-refractivity contribution in [2.24, 2.45) is 0 Å². The Bertz CT molecular complexity index is 907. The molecule has 140 valence electrons. The topological polar surface area (TPSA) is 39.1 Å². The molecule has 1 unspecified atom stereocenters. The number of hydrogen-bond donors (Lipinski definition) is 1. The molecule has 0 saturated heterocycles. The standard InChI is InChI=1S/C22H24BrN3O/c1-27-22-11-10-18(23)12-17(22)13-24-20-8-5-9-21-19(20)14-25-26(21)15-16-6-3-2-4-7-16/h2-4,6-7,10-12,14,20,24H,5,8-9,13,15H2,1H3. The van der Waals surface area contributed by atoms with Crippen molar-refractivity contribution in [3.8, 4) is 5.75 Å². The molecule has 0 amide bonds. The number of halogens is 1. The number of fused-ring (bicyclic) bond motifs is 1. The number of hydrogen-bond acceptors (Lipinski definition) is 3. The fraction of sp³-hybridized carbons (Fsp3) is 0.318. The van der Waals surface area contributed by atoms with Gasteiger partial charge in [0.05, 0.1) is 19.9 Å². The second-order valence-corrected chi connectivity index (χ2v) is 7.89. The third-order valence-corrected chi connectivity index (χ3v) is 5.71. The zero-order valence-corrected chi connectivity index (χ0v) is 17.1. The highest BCUT2D eigenvalue weighted by Gasteiger charge is 2.24. The molecule has 1 aliphatic carbocycles. The van der Waals surface area contributed by atoms with E-state index in [1.807, 2.05) is 18.3 Å². The molecule has 5 heteroatoms. The molecule has 4 nitrogen and oxygen atoms in total. The van der Waals surface area contributed by atoms with Crippen LogP contribution in [0.4, 0.5) is 0 Å². The van der Waals surface area contributed by atoms with Gasteiger partial charge < -0.3 is 10.1 Å². The molecule has 1 heterocycles. The van der Waals surface area contributed by atoms with E-state index in [0.29, 0.717) is 6.04 Å². The van der Waals surface area contributed by atoms with Crippen LogP contribution in [0, 0.1) is 0 Å². The van der Waals surface area contributed by atoms with Crippen molar-refractivity contribution in [1.29, 1.82) is 0 Å². The van der Waals surface area contributed by atoms with E-state index in [1.165, 1.54) is 23.2 Å². The summed E-state index contributed by atoms with van der Waals surface area (Å²) < 4.78 is 8.74. The molecule has 1 atom stereocenters. The summed E-state index contributed by atoms with van der Waals surface area (Å²) in [5.74, 6) is 0.918. The van der Waals surface area contributed by atoms with Gasteiger partial charge in [0.15, 0.2) is 0 Å². The van der Waals surface area contributed by atoms with Crippen molar-refractivity contribution < 1.29 is 4.74 Å². The molecule has 0 radical (unpaired) electrons. The molecule has 0 aliphatic heterocycles. The van der Waals surface area contributed by atoms with E-state index >= 15 is 0 Å². The summed E-state index contributed by atoms with van der Waals surface area (Å²) in [6, 6.07) is 17.0. The van der Waals surface area contributed by atoms with Crippen LogP contribution >= 0.6 is 15.9 Å². The Morgan fingerprint density at radius 2 is 2.07 bits per heavy atom. The maximum absolute atomic E-state index is 5.50. The Kier molecular flexibility index (Phi) is 5.60. The maximum atomic E-state index is 5.50. The first-order chi connectivity index (χ1) is 13.2. The quantitative estimate of drug-likeness (QED) is 0.611. The third kappa shape index (κ3) is 4.09. The number of rotatable bonds is 6. The van der Waals surface area contributed by atoms with Crippen molar-refractivity contribution in [1.82, 2.24) is 15.1 Å². The first kappa shape index (κ1) is 18.3. The molecular formula is C22H24BrN3O. The summed E-state index contributed by atoms with van der Waals surface area (Å²) in [6.45, 7) is 1.61. The van der Waals surface area contributed by atoms with E-state index in [9.17, 15) is 0 Å². The lowest BCUT2D eigenvalue weighted by molar-refractivity contribution is 0.400. The highest BCUT2D eigenvalue weighted by molar-refractivity contribution is 9.10. The normalized spacial score (nSPS) is 16.1. The van der Waals surface area contributed by atoms with Crippen LogP contribution in [-0.2, 0) is 19.5 Å². The third-order valence-electron chi connectivity index (χ3n) is 5.22. The largest absolute Gasteiger partial charge is 0.496 e. The van der Waals surface area contributed by atoms with Gasteiger partial charge in [-0.2, -0.15) is 5.10 Å². The van der Waals surface area contributed by atoms with Crippen molar-refractivity contribution in [3.05, 3.63) is 81.6 Å². The van der Waals surface area contributed by atoms with E-state index in [1.54, 1.807) is 7.11 Å². The Morgan fingerprint density at radius 3 is 2.89 bits per heavy atom. The zero-order valence-electron chi connectivity index (χ0n) is 15.5. The first-order valence-electron chi connectivity index (χ1n) is 9.39. The molecule has 2 aromatic carbocycles. The molecule has 1 aromatic heterocycles. The van der Waals surface area contributed by atoms with Crippen LogP contribution in [0.3, 0.4) is 0 Å². The van der Waals surface area contributed by atoms with Crippen LogP contribution in [0.5, 0.6) is 5.75 Å². The van der Waals surface area contributed by atoms with Crippen molar-refractivity contribution in [2.75, 3.05) is 7.11 Å². The number of methoxy groups -OCH3 is 1. The Hall–Kier alpha value is -2.11. The number of ether oxygens (including phenoxy) is 1. The van der Waals surface area contributed by atoms with Crippen molar-refractivity contribution >= 4 is 15.9 Å². The second kappa shape index (κ2) is 8.28. The van der Waals surface area contributed by atoms with Crippen LogP contribution in [0.1, 0.15) is 41.3 Å². The van der Waals surface area contributed by atoms with Crippen molar-refractivity contribution in [3.63, 3.8) is 0 Å². The molecule has 0 spiro atoms. The van der Waals surface area contributed by atoms with Crippen LogP contribution in [0.15, 0.2) is 59.2 Å². The molecule has 1 aliphatic rings. The minimum absolute atomic E-state index is 0.335. The molecule has 3 aromatic rings. The van der Waals surface area contributed by atoms with Gasteiger partial charge in [-0.25, -0.2) is 0 Å². The SMILES string of the molecule is COc1ccc(Br)cc1CNC1CCCc2c1cnn2Cc1ccccc1. The van der Waals surface area contributed by atoms with Crippen LogP contribution in [0.25, 0.3) is 0 Å². The molecule has 0 saturated carbocycles. The lowest BCUT2D eigenvalue weighted by atomic mass is 9.92. The van der Waals surface area contributed by atoms with Gasteiger partial charge in [0.1, 0.15) is 5.75 Å². The van der Waals surface area contributed by atoms with E-state index in [0.717, 1.165) is 41.7 Å². The van der Waals surface area contributed by atoms with Gasteiger partial charge in [-0.3, -0.25) is 4.68 Å². The Morgan fingerprint density at radius 1 is 1.22 bits per heavy atom. The fourth-order valence-corrected chi connectivity index (χ4v) is 4.25. The lowest BCUT2D eigenvalue weighted by Gasteiger charge is -2.25. The molecule has 27 heavy (non-hydrogen) atoms. The van der Waals surface area contributed by atoms with Crippen LogP contribution in [0.2, 0.25) is 0 Å². The molecule has 4 rings (SSSR count). The van der Waals surface area contributed by atoms with Gasteiger partial charge in [0.2, 0.25) is 0 Å². The smallest absolute Gasteiger partial charge is 0.123 e. The number of nitrogens with zero attached hydrogens (tertiary/aromatic N) is 2. The van der Waals surface area contributed by atoms with Crippen molar-refractivity contribution in [2.45, 2.75) is 38.4 Å². The first-order valence-corrected chi connectivity index (χ1v) is 10.2. The predicted molar refractivity (Wildman–Crippen MR) is 111 cm³/mol. The van der Waals surface area contributed by atoms with E-state index in [-0.39, 0.29) is 0 Å². The number of benzene rings is 2. The lowest BCUT2D eigenvalue weighted by Crippen LogP contribution is -2.25. The summed E-state index contributed by atoms with van der Waals surface area (Å²) >= 11 is 3.56. The predicted octanol–water partition coefficient (Wildman–Crippen LogP) is 4.87. The summed E-state index contributed by atoms with van der Waals surface area (Å²) in [5, 5.41) is 8.41. The van der Waals surface area contributed by atoms with Gasteiger partial charge in [-0.1, -0.05) is 46.3 Å².